The Labute approximate surface area is 388 Å². The van der Waals surface area contributed by atoms with E-state index in [0.717, 1.165) is 72.5 Å². The maximum absolute atomic E-state index is 6.38. The molecule has 314 valence electrons. The Bertz CT molecular complexity index is 3970. The number of rotatable bonds is 8. The van der Waals surface area contributed by atoms with E-state index in [4.69, 9.17) is 4.42 Å². The van der Waals surface area contributed by atoms with Gasteiger partial charge in [-0.15, -0.1) is 0 Å². The van der Waals surface area contributed by atoms with Gasteiger partial charge in [-0.3, -0.25) is 0 Å². The molecule has 2 aromatic heterocycles. The number of nitrogens with zero attached hydrogens (tertiary/aromatic N) is 2. The fraction of sp³-hybridized carbons (Fsp3) is 0. The summed E-state index contributed by atoms with van der Waals surface area (Å²) in [6.45, 7) is 0. The molecule has 0 fully saturated rings. The maximum atomic E-state index is 6.38. The van der Waals surface area contributed by atoms with Crippen molar-refractivity contribution in [2.45, 2.75) is 0 Å². The van der Waals surface area contributed by atoms with Crippen LogP contribution in [0.15, 0.2) is 259 Å². The second-order valence-corrected chi connectivity index (χ2v) is 17.3. The van der Waals surface area contributed by atoms with E-state index in [2.05, 4.69) is 252 Å². The van der Waals surface area contributed by atoms with E-state index in [9.17, 15) is 0 Å². The number of hydrogen-bond acceptors (Lipinski definition) is 2. The molecule has 0 saturated heterocycles. The van der Waals surface area contributed by atoms with Gasteiger partial charge in [-0.25, -0.2) is 0 Å². The van der Waals surface area contributed by atoms with Crippen LogP contribution in [0.25, 0.3) is 105 Å². The monoisotopic (exact) mass is 854 g/mol. The summed E-state index contributed by atoms with van der Waals surface area (Å²) < 4.78 is 8.76. The lowest BCUT2D eigenvalue weighted by Crippen LogP contribution is -2.11. The van der Waals surface area contributed by atoms with Gasteiger partial charge in [0.2, 0.25) is 0 Å². The van der Waals surface area contributed by atoms with Crippen LogP contribution >= 0.6 is 0 Å². The van der Waals surface area contributed by atoms with Crippen molar-refractivity contribution in [2.75, 3.05) is 4.90 Å². The predicted molar refractivity (Wildman–Crippen MR) is 282 cm³/mol. The minimum absolute atomic E-state index is 0.884. The highest BCUT2D eigenvalue weighted by molar-refractivity contribution is 6.11. The Balaban J connectivity index is 0.977. The Hall–Kier alpha value is -8.92. The molecule has 0 radical (unpaired) electrons. The molecule has 0 atom stereocenters. The van der Waals surface area contributed by atoms with Gasteiger partial charge in [0.25, 0.3) is 0 Å². The maximum Gasteiger partial charge on any atom is 0.136 e. The summed E-state index contributed by atoms with van der Waals surface area (Å²) in [6, 6.07) is 92.0. The minimum atomic E-state index is 0.884. The number of benzene rings is 11. The summed E-state index contributed by atoms with van der Waals surface area (Å²) >= 11 is 0. The molecular weight excluding hydrogens is 813 g/mol. The van der Waals surface area contributed by atoms with Gasteiger partial charge < -0.3 is 13.9 Å². The fourth-order valence-electron chi connectivity index (χ4n) is 10.3. The molecule has 0 aliphatic carbocycles. The molecular formula is C64H42N2O. The Morgan fingerprint density at radius 2 is 0.896 bits per heavy atom. The van der Waals surface area contributed by atoms with Crippen molar-refractivity contribution in [3.63, 3.8) is 0 Å². The van der Waals surface area contributed by atoms with Gasteiger partial charge in [0.1, 0.15) is 11.2 Å². The average Bonchev–Trinajstić information content (AvgIpc) is 3.94. The van der Waals surface area contributed by atoms with E-state index in [0.29, 0.717) is 0 Å². The van der Waals surface area contributed by atoms with Crippen molar-refractivity contribution >= 4 is 71.6 Å². The van der Waals surface area contributed by atoms with E-state index in [1.165, 1.54) is 49.3 Å². The second kappa shape index (κ2) is 16.0. The van der Waals surface area contributed by atoms with Crippen molar-refractivity contribution in [3.8, 4) is 50.2 Å². The quantitative estimate of drug-likeness (QED) is 0.152. The van der Waals surface area contributed by atoms with Crippen LogP contribution in [0.2, 0.25) is 0 Å². The number of para-hydroxylation sites is 4. The van der Waals surface area contributed by atoms with Crippen LogP contribution in [0.3, 0.4) is 0 Å². The first-order chi connectivity index (χ1) is 33.2. The fourth-order valence-corrected chi connectivity index (χ4v) is 10.3. The summed E-state index contributed by atoms with van der Waals surface area (Å²) in [7, 11) is 0. The lowest BCUT2D eigenvalue weighted by molar-refractivity contribution is 0.669. The van der Waals surface area contributed by atoms with Crippen molar-refractivity contribution < 1.29 is 4.42 Å². The third-order valence-electron chi connectivity index (χ3n) is 13.4. The normalized spacial score (nSPS) is 11.6. The third kappa shape index (κ3) is 6.59. The van der Waals surface area contributed by atoms with Crippen molar-refractivity contribution in [1.82, 2.24) is 4.57 Å². The highest BCUT2D eigenvalue weighted by Gasteiger charge is 2.21. The number of aromatic nitrogens is 1. The summed E-state index contributed by atoms with van der Waals surface area (Å²) in [6.07, 6.45) is 0. The predicted octanol–water partition coefficient (Wildman–Crippen LogP) is 18.0. The van der Waals surface area contributed by atoms with Gasteiger partial charge >= 0.3 is 0 Å². The van der Waals surface area contributed by atoms with Gasteiger partial charge in [0.05, 0.1) is 16.7 Å². The first-order valence-corrected chi connectivity index (χ1v) is 22.9. The van der Waals surface area contributed by atoms with Crippen LogP contribution < -0.4 is 4.90 Å². The van der Waals surface area contributed by atoms with Gasteiger partial charge in [0.15, 0.2) is 0 Å². The van der Waals surface area contributed by atoms with Gasteiger partial charge in [-0.2, -0.15) is 0 Å². The van der Waals surface area contributed by atoms with Crippen LogP contribution in [0, 0.1) is 0 Å². The van der Waals surface area contributed by atoms with Crippen LogP contribution in [-0.2, 0) is 0 Å². The Kier molecular flexibility index (Phi) is 9.17. The lowest BCUT2D eigenvalue weighted by Gasteiger charge is -2.29. The van der Waals surface area contributed by atoms with Crippen molar-refractivity contribution in [3.05, 3.63) is 255 Å². The Morgan fingerprint density at radius 3 is 1.73 bits per heavy atom. The molecule has 0 N–H and O–H groups in total. The molecule has 3 heteroatoms. The molecule has 67 heavy (non-hydrogen) atoms. The van der Waals surface area contributed by atoms with Crippen LogP contribution in [0.5, 0.6) is 0 Å². The molecule has 11 aromatic carbocycles. The zero-order chi connectivity index (χ0) is 44.3. The highest BCUT2D eigenvalue weighted by Crippen LogP contribution is 2.46. The molecule has 13 rings (SSSR count). The summed E-state index contributed by atoms with van der Waals surface area (Å²) in [5, 5.41) is 7.18. The average molecular weight is 855 g/mol. The lowest BCUT2D eigenvalue weighted by atomic mass is 9.90. The van der Waals surface area contributed by atoms with E-state index in [1.54, 1.807) is 0 Å². The van der Waals surface area contributed by atoms with Gasteiger partial charge in [-0.1, -0.05) is 182 Å². The van der Waals surface area contributed by atoms with Crippen molar-refractivity contribution in [2.24, 2.45) is 0 Å². The molecule has 0 aliphatic rings. The molecule has 13 aromatic rings. The number of hydrogen-bond donors (Lipinski definition) is 0. The minimum Gasteiger partial charge on any atom is -0.456 e. The van der Waals surface area contributed by atoms with E-state index < -0.39 is 0 Å². The SMILES string of the molecule is c1ccc(-c2cccc3cccc(-c4ccccc4N(c4ccc(-c5ccc6c7ccccc7n(-c7ccccc7)c6c5)cc4)c4cccc(-c5ccc6c(c5)oc5ccccc56)c4)c23)cc1. The first kappa shape index (κ1) is 38.5. The van der Waals surface area contributed by atoms with Crippen molar-refractivity contribution in [1.29, 1.82) is 0 Å². The van der Waals surface area contributed by atoms with E-state index in [1.807, 2.05) is 12.1 Å². The molecule has 0 unspecified atom stereocenters. The zero-order valence-electron chi connectivity index (χ0n) is 36.6. The van der Waals surface area contributed by atoms with Crippen LogP contribution in [-0.4, -0.2) is 4.57 Å². The molecule has 0 aliphatic heterocycles. The molecule has 0 saturated carbocycles. The number of furan rings is 1. The summed E-state index contributed by atoms with van der Waals surface area (Å²) in [5.74, 6) is 0. The summed E-state index contributed by atoms with van der Waals surface area (Å²) in [5.41, 5.74) is 17.8. The largest absolute Gasteiger partial charge is 0.456 e. The zero-order valence-corrected chi connectivity index (χ0v) is 36.6. The third-order valence-corrected chi connectivity index (χ3v) is 13.4. The molecule has 2 heterocycles. The van der Waals surface area contributed by atoms with E-state index >= 15 is 0 Å². The first-order valence-electron chi connectivity index (χ1n) is 22.9. The summed E-state index contributed by atoms with van der Waals surface area (Å²) in [4.78, 5) is 2.42. The van der Waals surface area contributed by atoms with Gasteiger partial charge in [0, 0.05) is 44.2 Å². The van der Waals surface area contributed by atoms with Crippen LogP contribution in [0.1, 0.15) is 0 Å². The Morgan fingerprint density at radius 1 is 0.313 bits per heavy atom. The second-order valence-electron chi connectivity index (χ2n) is 17.3. The molecule has 0 amide bonds. The topological polar surface area (TPSA) is 21.3 Å². The standard InChI is InChI=1S/C64H42N2O/c1-3-16-44(17-4-1)52-27-14-18-45-19-15-28-58(64(45)52)54-25-8-10-29-59(54)65(51-23-13-20-46(40-51)48-35-39-57-56-26-9-12-31-62(56)67-63(57)42-48)50-36-32-43(33-37-50)47-34-38-55-53-24-7-11-30-60(53)66(61(55)41-47)49-21-5-2-6-22-49/h1-42H. The number of fused-ring (bicyclic) bond motifs is 7. The molecule has 3 nitrogen and oxygen atoms in total. The number of anilines is 3. The molecule has 0 spiro atoms. The smallest absolute Gasteiger partial charge is 0.136 e. The highest BCUT2D eigenvalue weighted by atomic mass is 16.3. The molecule has 0 bridgehead atoms. The van der Waals surface area contributed by atoms with E-state index in [-0.39, 0.29) is 0 Å². The van der Waals surface area contributed by atoms with Crippen LogP contribution in [0.4, 0.5) is 17.1 Å². The van der Waals surface area contributed by atoms with Gasteiger partial charge in [-0.05, 0) is 123 Å².